The molecule has 2 fully saturated rings. The van der Waals surface area contributed by atoms with Gasteiger partial charge in [-0.3, -0.25) is 9.59 Å². The number of likely N-dealkylation sites (tertiary alicyclic amines) is 1. The van der Waals surface area contributed by atoms with Crippen LogP contribution in [0.4, 0.5) is 0 Å². The number of carboxylic acid groups (broad SMARTS) is 1. The average Bonchev–Trinajstić information content (AvgIpc) is 2.42. The van der Waals surface area contributed by atoms with E-state index in [0.717, 1.165) is 25.7 Å². The van der Waals surface area contributed by atoms with Gasteiger partial charge in [-0.15, -0.1) is 6.58 Å². The second-order valence-electron chi connectivity index (χ2n) is 6.48. The van der Waals surface area contributed by atoms with Gasteiger partial charge < -0.3 is 14.7 Å². The van der Waals surface area contributed by atoms with Crippen LogP contribution in [-0.4, -0.2) is 48.7 Å². The molecule has 5 heteroatoms. The largest absolute Gasteiger partial charge is 0.481 e. The van der Waals surface area contributed by atoms with Crippen LogP contribution in [0.1, 0.15) is 38.5 Å². The number of hydrogen-bond donors (Lipinski definition) is 1. The van der Waals surface area contributed by atoms with E-state index in [9.17, 15) is 14.7 Å². The predicted octanol–water partition coefficient (Wildman–Crippen LogP) is 2.07. The topological polar surface area (TPSA) is 66.8 Å². The number of rotatable bonds is 6. The first-order valence-electron chi connectivity index (χ1n) is 7.62. The molecule has 0 aromatic rings. The molecule has 5 nitrogen and oxygen atoms in total. The maximum Gasteiger partial charge on any atom is 0.311 e. The van der Waals surface area contributed by atoms with E-state index < -0.39 is 16.8 Å². The van der Waals surface area contributed by atoms with Crippen LogP contribution in [0, 0.1) is 10.8 Å². The second-order valence-corrected chi connectivity index (χ2v) is 6.48. The van der Waals surface area contributed by atoms with Crippen molar-refractivity contribution in [2.45, 2.75) is 38.5 Å². The Hall–Kier alpha value is -1.36. The number of carbonyl (C=O) groups is 2. The zero-order valence-electron chi connectivity index (χ0n) is 12.8. The Morgan fingerprint density at radius 2 is 1.95 bits per heavy atom. The van der Waals surface area contributed by atoms with Crippen molar-refractivity contribution in [2.24, 2.45) is 10.8 Å². The minimum atomic E-state index is -0.867. The highest BCUT2D eigenvalue weighted by molar-refractivity contribution is 5.85. The van der Waals surface area contributed by atoms with Gasteiger partial charge in [0.2, 0.25) is 5.91 Å². The molecule has 1 amide bonds. The van der Waals surface area contributed by atoms with E-state index in [1.54, 1.807) is 18.1 Å². The standard InChI is InChI=1S/C16H25NO4/c1-3-6-15(14(19)20)9-5-10-17(11-15)13(18)16(12-21-2)7-4-8-16/h3H,1,4-12H2,2H3,(H,19,20)/t15-/m1/s1. The van der Waals surface area contributed by atoms with Crippen LogP contribution in [0.5, 0.6) is 0 Å². The van der Waals surface area contributed by atoms with Crippen LogP contribution in [0.3, 0.4) is 0 Å². The number of piperidine rings is 1. The van der Waals surface area contributed by atoms with Gasteiger partial charge in [-0.25, -0.2) is 0 Å². The Morgan fingerprint density at radius 1 is 1.29 bits per heavy atom. The third kappa shape index (κ3) is 2.84. The fourth-order valence-corrected chi connectivity index (χ4v) is 3.65. The molecular weight excluding hydrogens is 270 g/mol. The summed E-state index contributed by atoms with van der Waals surface area (Å²) in [5.41, 5.74) is -1.28. The average molecular weight is 295 g/mol. The van der Waals surface area contributed by atoms with Gasteiger partial charge in [0.15, 0.2) is 0 Å². The minimum absolute atomic E-state index is 0.0741. The summed E-state index contributed by atoms with van der Waals surface area (Å²) in [4.78, 5) is 26.3. The van der Waals surface area contributed by atoms with E-state index in [1.165, 1.54) is 0 Å². The molecule has 1 heterocycles. The number of methoxy groups -OCH3 is 1. The van der Waals surface area contributed by atoms with Crippen molar-refractivity contribution in [3.05, 3.63) is 12.7 Å². The van der Waals surface area contributed by atoms with Crippen LogP contribution in [0.2, 0.25) is 0 Å². The zero-order chi connectivity index (χ0) is 15.5. The lowest BCUT2D eigenvalue weighted by molar-refractivity contribution is -0.162. The summed E-state index contributed by atoms with van der Waals surface area (Å²) in [6, 6.07) is 0. The van der Waals surface area contributed by atoms with Gasteiger partial charge in [0.05, 0.1) is 17.4 Å². The quantitative estimate of drug-likeness (QED) is 0.762. The fourth-order valence-electron chi connectivity index (χ4n) is 3.65. The van der Waals surface area contributed by atoms with Gasteiger partial charge in [0.25, 0.3) is 0 Å². The molecule has 0 bridgehead atoms. The molecule has 0 radical (unpaired) electrons. The number of carboxylic acids is 1. The highest BCUT2D eigenvalue weighted by Gasteiger charge is 2.50. The van der Waals surface area contributed by atoms with Crippen LogP contribution in [0.15, 0.2) is 12.7 Å². The van der Waals surface area contributed by atoms with Crippen molar-refractivity contribution >= 4 is 11.9 Å². The van der Waals surface area contributed by atoms with Gasteiger partial charge in [0.1, 0.15) is 0 Å². The summed E-state index contributed by atoms with van der Waals surface area (Å²) in [6.07, 6.45) is 6.12. The first kappa shape index (κ1) is 16.0. The maximum absolute atomic E-state index is 12.8. The molecular formula is C16H25NO4. The third-order valence-corrected chi connectivity index (χ3v) is 5.04. The highest BCUT2D eigenvalue weighted by Crippen LogP contribution is 2.44. The number of ether oxygens (including phenoxy) is 1. The number of carbonyl (C=O) groups excluding carboxylic acids is 1. The molecule has 1 atom stereocenters. The van der Waals surface area contributed by atoms with Gasteiger partial charge >= 0.3 is 5.97 Å². The maximum atomic E-state index is 12.8. The molecule has 1 saturated carbocycles. The van der Waals surface area contributed by atoms with Crippen LogP contribution in [0.25, 0.3) is 0 Å². The first-order chi connectivity index (χ1) is 9.99. The number of amides is 1. The molecule has 0 aromatic carbocycles. The lowest BCUT2D eigenvalue weighted by atomic mass is 9.67. The molecule has 21 heavy (non-hydrogen) atoms. The summed E-state index contributed by atoms with van der Waals surface area (Å²) >= 11 is 0. The van der Waals surface area contributed by atoms with Crippen molar-refractivity contribution < 1.29 is 19.4 Å². The normalized spacial score (nSPS) is 27.8. The number of hydrogen-bond acceptors (Lipinski definition) is 3. The SMILES string of the molecule is C=CC[C@@]1(C(=O)O)CCCN(C(=O)C2(COC)CCC2)C1. The van der Waals surface area contributed by atoms with Crippen molar-refractivity contribution in [1.82, 2.24) is 4.90 Å². The van der Waals surface area contributed by atoms with E-state index in [1.807, 2.05) is 0 Å². The van der Waals surface area contributed by atoms with Gasteiger partial charge in [-0.2, -0.15) is 0 Å². The molecule has 118 valence electrons. The Labute approximate surface area is 126 Å². The van der Waals surface area contributed by atoms with Crippen LogP contribution >= 0.6 is 0 Å². The molecule has 1 saturated heterocycles. The first-order valence-corrected chi connectivity index (χ1v) is 7.62. The Kier molecular flexibility index (Phi) is 4.71. The molecule has 1 aliphatic carbocycles. The minimum Gasteiger partial charge on any atom is -0.481 e. The summed E-state index contributed by atoms with van der Waals surface area (Å²) in [5.74, 6) is -0.751. The van der Waals surface area contributed by atoms with E-state index in [4.69, 9.17) is 4.74 Å². The molecule has 0 aromatic heterocycles. The van der Waals surface area contributed by atoms with E-state index >= 15 is 0 Å². The zero-order valence-corrected chi connectivity index (χ0v) is 12.8. The van der Waals surface area contributed by atoms with E-state index in [-0.39, 0.29) is 5.91 Å². The van der Waals surface area contributed by atoms with Gasteiger partial charge in [-0.1, -0.05) is 12.5 Å². The fraction of sp³-hybridized carbons (Fsp3) is 0.750. The molecule has 0 spiro atoms. The van der Waals surface area contributed by atoms with Crippen molar-refractivity contribution in [3.63, 3.8) is 0 Å². The molecule has 1 aliphatic heterocycles. The van der Waals surface area contributed by atoms with E-state index in [2.05, 4.69) is 6.58 Å². The second kappa shape index (κ2) is 6.18. The van der Waals surface area contributed by atoms with Crippen LogP contribution in [-0.2, 0) is 14.3 Å². The molecule has 2 aliphatic rings. The lowest BCUT2D eigenvalue weighted by Gasteiger charge is -2.47. The lowest BCUT2D eigenvalue weighted by Crippen LogP contribution is -2.56. The Bertz CT molecular complexity index is 430. The Balaban J connectivity index is 2.14. The van der Waals surface area contributed by atoms with Gasteiger partial charge in [0, 0.05) is 20.2 Å². The summed E-state index contributed by atoms with van der Waals surface area (Å²) in [6.45, 7) is 5.04. The summed E-state index contributed by atoms with van der Waals surface area (Å²) in [7, 11) is 1.61. The highest BCUT2D eigenvalue weighted by atomic mass is 16.5. The third-order valence-electron chi connectivity index (χ3n) is 5.04. The molecule has 0 unspecified atom stereocenters. The number of aliphatic carboxylic acids is 1. The Morgan fingerprint density at radius 3 is 2.43 bits per heavy atom. The summed E-state index contributed by atoms with van der Waals surface area (Å²) in [5, 5.41) is 9.59. The summed E-state index contributed by atoms with van der Waals surface area (Å²) < 4.78 is 5.23. The van der Waals surface area contributed by atoms with E-state index in [0.29, 0.717) is 32.5 Å². The smallest absolute Gasteiger partial charge is 0.311 e. The van der Waals surface area contributed by atoms with Crippen molar-refractivity contribution in [1.29, 1.82) is 0 Å². The van der Waals surface area contributed by atoms with Crippen LogP contribution < -0.4 is 0 Å². The molecule has 2 rings (SSSR count). The van der Waals surface area contributed by atoms with Crippen molar-refractivity contribution in [3.8, 4) is 0 Å². The number of nitrogens with zero attached hydrogens (tertiary/aromatic N) is 1. The predicted molar refractivity (Wildman–Crippen MR) is 78.9 cm³/mol. The monoisotopic (exact) mass is 295 g/mol. The number of allylic oxidation sites excluding steroid dienone is 1. The van der Waals surface area contributed by atoms with Crippen molar-refractivity contribution in [2.75, 3.05) is 26.8 Å². The van der Waals surface area contributed by atoms with Gasteiger partial charge in [-0.05, 0) is 32.1 Å². The molecule has 1 N–H and O–H groups in total.